The van der Waals surface area contributed by atoms with Crippen LogP contribution in [0.1, 0.15) is 0 Å². The van der Waals surface area contributed by atoms with E-state index in [1.165, 1.54) is 17.9 Å². The molecule has 0 unspecified atom stereocenters. The van der Waals surface area contributed by atoms with E-state index in [4.69, 9.17) is 4.52 Å². The van der Waals surface area contributed by atoms with Gasteiger partial charge in [-0.05, 0) is 12.1 Å². The van der Waals surface area contributed by atoms with Gasteiger partial charge in [-0.2, -0.15) is 0 Å². The van der Waals surface area contributed by atoms with E-state index in [0.29, 0.717) is 5.69 Å². The maximum absolute atomic E-state index is 12.1. The highest BCUT2D eigenvalue weighted by Gasteiger charge is 2.14. The molecule has 3 rings (SSSR count). The highest BCUT2D eigenvalue weighted by Crippen LogP contribution is 2.11. The van der Waals surface area contributed by atoms with Gasteiger partial charge in [0, 0.05) is 7.05 Å². The Bertz CT molecular complexity index is 827. The lowest BCUT2D eigenvalue weighted by molar-refractivity contribution is 0.425. The molecule has 0 spiro atoms. The summed E-state index contributed by atoms with van der Waals surface area (Å²) in [5.41, 5.74) is 0.00216. The Morgan fingerprint density at radius 2 is 1.89 bits per heavy atom. The SMILES string of the molecule is Cn1c(=O)c2conc2n(-c2ccccc2)c1=O. The molecule has 0 atom stereocenters. The lowest BCUT2D eigenvalue weighted by Gasteiger charge is -2.07. The molecule has 0 N–H and O–H groups in total. The number of nitrogens with zero attached hydrogens (tertiary/aromatic N) is 3. The molecule has 90 valence electrons. The zero-order chi connectivity index (χ0) is 12.7. The Morgan fingerprint density at radius 1 is 1.17 bits per heavy atom. The molecular formula is C12H9N3O3. The van der Waals surface area contributed by atoms with E-state index in [9.17, 15) is 9.59 Å². The lowest BCUT2D eigenvalue weighted by atomic mass is 10.3. The van der Waals surface area contributed by atoms with Crippen LogP contribution in [0.2, 0.25) is 0 Å². The quantitative estimate of drug-likeness (QED) is 0.630. The summed E-state index contributed by atoms with van der Waals surface area (Å²) in [6.45, 7) is 0. The van der Waals surface area contributed by atoms with Crippen LogP contribution in [-0.2, 0) is 7.05 Å². The number of rotatable bonds is 1. The van der Waals surface area contributed by atoms with Crippen LogP contribution in [-0.4, -0.2) is 14.3 Å². The van der Waals surface area contributed by atoms with Gasteiger partial charge in [-0.15, -0.1) is 0 Å². The number of hydrogen-bond donors (Lipinski definition) is 0. The van der Waals surface area contributed by atoms with Gasteiger partial charge in [-0.1, -0.05) is 23.4 Å². The second-order valence-corrected chi connectivity index (χ2v) is 3.87. The van der Waals surface area contributed by atoms with Crippen molar-refractivity contribution in [2.24, 2.45) is 7.05 Å². The largest absolute Gasteiger partial charge is 0.362 e. The first-order valence-corrected chi connectivity index (χ1v) is 5.31. The fraction of sp³-hybridized carbons (Fsp3) is 0.0833. The van der Waals surface area contributed by atoms with Crippen molar-refractivity contribution in [1.82, 2.24) is 14.3 Å². The molecular weight excluding hydrogens is 234 g/mol. The fourth-order valence-corrected chi connectivity index (χ4v) is 1.86. The van der Waals surface area contributed by atoms with Crippen molar-refractivity contribution in [3.63, 3.8) is 0 Å². The van der Waals surface area contributed by atoms with Gasteiger partial charge in [-0.25, -0.2) is 9.36 Å². The van der Waals surface area contributed by atoms with E-state index >= 15 is 0 Å². The topological polar surface area (TPSA) is 70.0 Å². The molecule has 0 aliphatic heterocycles. The maximum atomic E-state index is 12.1. The fourth-order valence-electron chi connectivity index (χ4n) is 1.86. The summed E-state index contributed by atoms with van der Waals surface area (Å²) < 4.78 is 7.18. The van der Waals surface area contributed by atoms with Crippen LogP contribution in [0, 0.1) is 0 Å². The second-order valence-electron chi connectivity index (χ2n) is 3.87. The number of fused-ring (bicyclic) bond motifs is 1. The maximum Gasteiger partial charge on any atom is 0.337 e. The Hall–Kier alpha value is -2.63. The Labute approximate surface area is 101 Å². The van der Waals surface area contributed by atoms with Gasteiger partial charge in [0.1, 0.15) is 11.6 Å². The van der Waals surface area contributed by atoms with Gasteiger partial charge < -0.3 is 4.52 Å². The van der Waals surface area contributed by atoms with Crippen LogP contribution in [0.3, 0.4) is 0 Å². The molecule has 0 radical (unpaired) electrons. The number of aromatic nitrogens is 3. The van der Waals surface area contributed by atoms with E-state index < -0.39 is 11.2 Å². The Balaban J connectivity index is 2.54. The second kappa shape index (κ2) is 3.69. The van der Waals surface area contributed by atoms with Crippen LogP contribution >= 0.6 is 0 Å². The predicted octanol–water partition coefficient (Wildman–Crippen LogP) is 0.677. The van der Waals surface area contributed by atoms with Gasteiger partial charge in [-0.3, -0.25) is 9.36 Å². The third-order valence-electron chi connectivity index (χ3n) is 2.79. The van der Waals surface area contributed by atoms with Crippen molar-refractivity contribution in [3.05, 3.63) is 57.4 Å². The molecule has 1 aromatic carbocycles. The molecule has 6 heteroatoms. The van der Waals surface area contributed by atoms with Crippen molar-refractivity contribution in [2.45, 2.75) is 0 Å². The average molecular weight is 243 g/mol. The van der Waals surface area contributed by atoms with E-state index in [1.807, 2.05) is 6.07 Å². The first kappa shape index (κ1) is 10.5. The van der Waals surface area contributed by atoms with Crippen molar-refractivity contribution in [2.75, 3.05) is 0 Å². The van der Waals surface area contributed by atoms with E-state index in [1.54, 1.807) is 24.3 Å². The normalized spacial score (nSPS) is 10.9. The average Bonchev–Trinajstić information content (AvgIpc) is 2.87. The van der Waals surface area contributed by atoms with Crippen LogP contribution in [0.25, 0.3) is 16.7 Å². The van der Waals surface area contributed by atoms with Crippen molar-refractivity contribution in [1.29, 1.82) is 0 Å². The standard InChI is InChI=1S/C12H9N3O3/c1-14-11(16)9-7-18-13-10(9)15(12(14)17)8-5-3-2-4-6-8/h2-7H,1H3. The molecule has 0 aliphatic rings. The summed E-state index contributed by atoms with van der Waals surface area (Å²) in [5.74, 6) is 0. The van der Waals surface area contributed by atoms with Gasteiger partial charge >= 0.3 is 5.69 Å². The molecule has 18 heavy (non-hydrogen) atoms. The summed E-state index contributed by atoms with van der Waals surface area (Å²) >= 11 is 0. The molecule has 2 heterocycles. The minimum absolute atomic E-state index is 0.231. The van der Waals surface area contributed by atoms with Crippen molar-refractivity contribution in [3.8, 4) is 5.69 Å². The molecule has 2 aromatic heterocycles. The van der Waals surface area contributed by atoms with E-state index in [2.05, 4.69) is 5.16 Å². The summed E-state index contributed by atoms with van der Waals surface area (Å²) in [6.07, 6.45) is 1.25. The number of benzene rings is 1. The molecule has 0 bridgehead atoms. The molecule has 0 saturated carbocycles. The molecule has 6 nitrogen and oxygen atoms in total. The molecule has 0 saturated heterocycles. The molecule has 3 aromatic rings. The van der Waals surface area contributed by atoms with E-state index in [0.717, 1.165) is 4.57 Å². The highest BCUT2D eigenvalue weighted by atomic mass is 16.5. The molecule has 0 amide bonds. The summed E-state index contributed by atoms with van der Waals surface area (Å²) in [4.78, 5) is 24.0. The summed E-state index contributed by atoms with van der Waals surface area (Å²) in [7, 11) is 1.43. The number of para-hydroxylation sites is 1. The third kappa shape index (κ3) is 1.32. The van der Waals surface area contributed by atoms with Crippen LogP contribution < -0.4 is 11.2 Å². The molecule has 0 aliphatic carbocycles. The highest BCUT2D eigenvalue weighted by molar-refractivity contribution is 5.74. The minimum Gasteiger partial charge on any atom is -0.362 e. The van der Waals surface area contributed by atoms with Gasteiger partial charge in [0.05, 0.1) is 5.69 Å². The van der Waals surface area contributed by atoms with Gasteiger partial charge in [0.15, 0.2) is 5.65 Å². The van der Waals surface area contributed by atoms with Crippen molar-refractivity contribution >= 4 is 11.0 Å². The van der Waals surface area contributed by atoms with Crippen LogP contribution in [0.4, 0.5) is 0 Å². The summed E-state index contributed by atoms with van der Waals surface area (Å²) in [6, 6.07) is 8.98. The van der Waals surface area contributed by atoms with Gasteiger partial charge in [0.25, 0.3) is 5.56 Å². The number of hydrogen-bond acceptors (Lipinski definition) is 4. The first-order chi connectivity index (χ1) is 8.70. The van der Waals surface area contributed by atoms with Crippen molar-refractivity contribution < 1.29 is 4.52 Å². The minimum atomic E-state index is -0.451. The van der Waals surface area contributed by atoms with Crippen LogP contribution in [0.15, 0.2) is 50.7 Å². The predicted molar refractivity (Wildman–Crippen MR) is 64.8 cm³/mol. The van der Waals surface area contributed by atoms with Crippen LogP contribution in [0.5, 0.6) is 0 Å². The zero-order valence-corrected chi connectivity index (χ0v) is 9.53. The molecule has 0 fully saturated rings. The third-order valence-corrected chi connectivity index (χ3v) is 2.79. The monoisotopic (exact) mass is 243 g/mol. The van der Waals surface area contributed by atoms with E-state index in [-0.39, 0.29) is 11.0 Å². The first-order valence-electron chi connectivity index (χ1n) is 5.31. The Morgan fingerprint density at radius 3 is 2.61 bits per heavy atom. The zero-order valence-electron chi connectivity index (χ0n) is 9.53. The smallest absolute Gasteiger partial charge is 0.337 e. The van der Waals surface area contributed by atoms with Gasteiger partial charge in [0.2, 0.25) is 0 Å². The summed E-state index contributed by atoms with van der Waals surface area (Å²) in [5, 5.41) is 4.01. The Kier molecular flexibility index (Phi) is 2.16. The lowest BCUT2D eigenvalue weighted by Crippen LogP contribution is -2.37.